The summed E-state index contributed by atoms with van der Waals surface area (Å²) in [4.78, 5) is 13.8. The van der Waals surface area contributed by atoms with Gasteiger partial charge in [0.05, 0.1) is 5.25 Å². The minimum Gasteiger partial charge on any atom is -0.325 e. The molecule has 5 heteroatoms. The standard InChI is InChI=1S/C14H17F2NOS/c1-8(2)7-17-13(18)9(3)19-14(17)11-5-4-10(15)6-12(11)16/h4-6,8-9,14H,7H2,1-3H3. The van der Waals surface area contributed by atoms with Gasteiger partial charge in [-0.15, -0.1) is 11.8 Å². The van der Waals surface area contributed by atoms with Gasteiger partial charge in [-0.25, -0.2) is 8.78 Å². The molecule has 1 saturated heterocycles. The van der Waals surface area contributed by atoms with E-state index >= 15 is 0 Å². The second-order valence-corrected chi connectivity index (χ2v) is 6.61. The van der Waals surface area contributed by atoms with Gasteiger partial charge in [0, 0.05) is 18.2 Å². The maximum absolute atomic E-state index is 13.9. The first kappa shape index (κ1) is 14.3. The number of thioether (sulfide) groups is 1. The third-order valence-corrected chi connectivity index (χ3v) is 4.41. The van der Waals surface area contributed by atoms with E-state index in [1.807, 2.05) is 20.8 Å². The van der Waals surface area contributed by atoms with Gasteiger partial charge in [0.15, 0.2) is 0 Å². The van der Waals surface area contributed by atoms with E-state index in [0.29, 0.717) is 18.0 Å². The van der Waals surface area contributed by atoms with Crippen molar-refractivity contribution in [1.29, 1.82) is 0 Å². The Labute approximate surface area is 116 Å². The van der Waals surface area contributed by atoms with Crippen molar-refractivity contribution in [3.05, 3.63) is 35.4 Å². The van der Waals surface area contributed by atoms with Crippen LogP contribution in [0.25, 0.3) is 0 Å². The molecule has 1 aromatic carbocycles. The Morgan fingerprint density at radius 1 is 1.37 bits per heavy atom. The maximum Gasteiger partial charge on any atom is 0.236 e. The zero-order chi connectivity index (χ0) is 14.2. The topological polar surface area (TPSA) is 20.3 Å². The largest absolute Gasteiger partial charge is 0.325 e. The predicted octanol–water partition coefficient (Wildman–Crippen LogP) is 3.58. The molecule has 0 saturated carbocycles. The lowest BCUT2D eigenvalue weighted by atomic mass is 10.1. The van der Waals surface area contributed by atoms with Gasteiger partial charge >= 0.3 is 0 Å². The lowest BCUT2D eigenvalue weighted by Gasteiger charge is -2.26. The SMILES string of the molecule is CC(C)CN1C(=O)C(C)SC1c1ccc(F)cc1F. The van der Waals surface area contributed by atoms with E-state index in [1.54, 1.807) is 4.90 Å². The Hall–Kier alpha value is -1.10. The molecule has 1 aromatic rings. The lowest BCUT2D eigenvalue weighted by molar-refractivity contribution is -0.130. The fourth-order valence-corrected chi connectivity index (χ4v) is 3.51. The number of benzene rings is 1. The van der Waals surface area contributed by atoms with Crippen molar-refractivity contribution in [3.8, 4) is 0 Å². The number of amides is 1. The average Bonchev–Trinajstić information content (AvgIpc) is 2.57. The highest BCUT2D eigenvalue weighted by Gasteiger charge is 2.39. The van der Waals surface area contributed by atoms with Crippen LogP contribution in [-0.4, -0.2) is 22.6 Å². The van der Waals surface area contributed by atoms with Crippen LogP contribution in [0.1, 0.15) is 31.7 Å². The second-order valence-electron chi connectivity index (χ2n) is 5.18. The molecule has 0 aromatic heterocycles. The van der Waals surface area contributed by atoms with Crippen molar-refractivity contribution in [3.63, 3.8) is 0 Å². The summed E-state index contributed by atoms with van der Waals surface area (Å²) >= 11 is 1.41. The van der Waals surface area contributed by atoms with Crippen LogP contribution in [0.5, 0.6) is 0 Å². The van der Waals surface area contributed by atoms with Crippen LogP contribution in [0, 0.1) is 17.6 Å². The summed E-state index contributed by atoms with van der Waals surface area (Å²) in [6.07, 6.45) is 0. The van der Waals surface area contributed by atoms with Crippen molar-refractivity contribution in [1.82, 2.24) is 4.90 Å². The van der Waals surface area contributed by atoms with Crippen LogP contribution in [0.3, 0.4) is 0 Å². The molecule has 0 aliphatic carbocycles. The Morgan fingerprint density at radius 3 is 2.63 bits per heavy atom. The highest BCUT2D eigenvalue weighted by molar-refractivity contribution is 8.01. The van der Waals surface area contributed by atoms with Crippen molar-refractivity contribution in [2.24, 2.45) is 5.92 Å². The van der Waals surface area contributed by atoms with Crippen LogP contribution < -0.4 is 0 Å². The molecule has 1 aliphatic heterocycles. The summed E-state index contributed by atoms with van der Waals surface area (Å²) in [6, 6.07) is 3.54. The first-order chi connectivity index (χ1) is 8.90. The second kappa shape index (κ2) is 5.49. The normalized spacial score (nSPS) is 23.5. The van der Waals surface area contributed by atoms with Gasteiger partial charge in [-0.05, 0) is 18.9 Å². The van der Waals surface area contributed by atoms with Gasteiger partial charge < -0.3 is 4.90 Å². The average molecular weight is 285 g/mol. The molecule has 0 spiro atoms. The number of halogens is 2. The monoisotopic (exact) mass is 285 g/mol. The number of hydrogen-bond acceptors (Lipinski definition) is 2. The fourth-order valence-electron chi connectivity index (χ4n) is 2.20. The lowest BCUT2D eigenvalue weighted by Crippen LogP contribution is -2.33. The van der Waals surface area contributed by atoms with E-state index < -0.39 is 11.6 Å². The fraction of sp³-hybridized carbons (Fsp3) is 0.500. The quantitative estimate of drug-likeness (QED) is 0.846. The van der Waals surface area contributed by atoms with E-state index in [9.17, 15) is 13.6 Å². The van der Waals surface area contributed by atoms with Crippen molar-refractivity contribution >= 4 is 17.7 Å². The first-order valence-electron chi connectivity index (χ1n) is 6.31. The first-order valence-corrected chi connectivity index (χ1v) is 7.25. The molecule has 1 amide bonds. The minimum absolute atomic E-state index is 0.0208. The Balaban J connectivity index is 2.33. The molecule has 1 heterocycles. The van der Waals surface area contributed by atoms with E-state index in [0.717, 1.165) is 6.07 Å². The molecule has 1 aliphatic rings. The Kier molecular flexibility index (Phi) is 4.13. The molecule has 0 radical (unpaired) electrons. The zero-order valence-electron chi connectivity index (χ0n) is 11.2. The highest BCUT2D eigenvalue weighted by atomic mass is 32.2. The summed E-state index contributed by atoms with van der Waals surface area (Å²) in [7, 11) is 0. The molecule has 0 N–H and O–H groups in total. The third kappa shape index (κ3) is 2.91. The molecule has 1 fully saturated rings. The number of carbonyl (C=O) groups excluding carboxylic acids is 1. The summed E-state index contributed by atoms with van der Waals surface area (Å²) in [5.74, 6) is -0.861. The molecule has 19 heavy (non-hydrogen) atoms. The van der Waals surface area contributed by atoms with Gasteiger partial charge in [0.1, 0.15) is 17.0 Å². The van der Waals surface area contributed by atoms with Crippen LogP contribution >= 0.6 is 11.8 Å². The summed E-state index contributed by atoms with van der Waals surface area (Å²) < 4.78 is 26.8. The maximum atomic E-state index is 13.9. The zero-order valence-corrected chi connectivity index (χ0v) is 12.0. The molecule has 2 unspecified atom stereocenters. The molecule has 2 rings (SSSR count). The highest BCUT2D eigenvalue weighted by Crippen LogP contribution is 2.43. The minimum atomic E-state index is -0.598. The predicted molar refractivity (Wildman–Crippen MR) is 72.7 cm³/mol. The third-order valence-electron chi connectivity index (χ3n) is 3.04. The van der Waals surface area contributed by atoms with E-state index in [1.165, 1.54) is 23.9 Å². The van der Waals surface area contributed by atoms with Crippen LogP contribution in [0.2, 0.25) is 0 Å². The van der Waals surface area contributed by atoms with E-state index in [2.05, 4.69) is 0 Å². The molecular weight excluding hydrogens is 268 g/mol. The van der Waals surface area contributed by atoms with Gasteiger partial charge in [0.25, 0.3) is 0 Å². The summed E-state index contributed by atoms with van der Waals surface area (Å²) in [6.45, 7) is 6.43. The van der Waals surface area contributed by atoms with Gasteiger partial charge in [0.2, 0.25) is 5.91 Å². The molecule has 2 atom stereocenters. The molecular formula is C14H17F2NOS. The summed E-state index contributed by atoms with van der Waals surface area (Å²) in [5, 5.41) is -0.543. The smallest absolute Gasteiger partial charge is 0.236 e. The Bertz CT molecular complexity index is 492. The number of carbonyl (C=O) groups is 1. The number of nitrogens with zero attached hydrogens (tertiary/aromatic N) is 1. The van der Waals surface area contributed by atoms with Gasteiger partial charge in [-0.2, -0.15) is 0 Å². The van der Waals surface area contributed by atoms with Crippen LogP contribution in [0.15, 0.2) is 18.2 Å². The van der Waals surface area contributed by atoms with Crippen LogP contribution in [-0.2, 0) is 4.79 Å². The molecule has 104 valence electrons. The van der Waals surface area contributed by atoms with Gasteiger partial charge in [-0.1, -0.05) is 19.9 Å². The summed E-state index contributed by atoms with van der Waals surface area (Å²) in [5.41, 5.74) is 0.379. The number of hydrogen-bond donors (Lipinski definition) is 0. The molecule has 2 nitrogen and oxygen atoms in total. The van der Waals surface area contributed by atoms with Gasteiger partial charge in [-0.3, -0.25) is 4.79 Å². The van der Waals surface area contributed by atoms with E-state index in [-0.39, 0.29) is 16.5 Å². The Morgan fingerprint density at radius 2 is 2.05 bits per heavy atom. The molecule has 0 bridgehead atoms. The van der Waals surface area contributed by atoms with Crippen molar-refractivity contribution < 1.29 is 13.6 Å². The number of rotatable bonds is 3. The van der Waals surface area contributed by atoms with Crippen LogP contribution in [0.4, 0.5) is 8.78 Å². The van der Waals surface area contributed by atoms with E-state index in [4.69, 9.17) is 0 Å². The van der Waals surface area contributed by atoms with Crippen molar-refractivity contribution in [2.75, 3.05) is 6.54 Å². The van der Waals surface area contributed by atoms with Crippen molar-refractivity contribution in [2.45, 2.75) is 31.4 Å².